The molecule has 0 saturated carbocycles. The lowest BCUT2D eigenvalue weighted by atomic mass is 10.1. The lowest BCUT2D eigenvalue weighted by Gasteiger charge is -2.12. The van der Waals surface area contributed by atoms with Crippen molar-refractivity contribution in [2.24, 2.45) is 0 Å². The van der Waals surface area contributed by atoms with Crippen LogP contribution in [-0.2, 0) is 4.79 Å². The number of aromatic nitrogens is 1. The van der Waals surface area contributed by atoms with Crippen LogP contribution in [0.2, 0.25) is 0 Å². The van der Waals surface area contributed by atoms with Gasteiger partial charge in [-0.3, -0.25) is 9.78 Å². The highest BCUT2D eigenvalue weighted by Gasteiger charge is 2.08. The summed E-state index contributed by atoms with van der Waals surface area (Å²) in [5.74, 6) is 0.0269. The van der Waals surface area contributed by atoms with Gasteiger partial charge in [-0.15, -0.1) is 0 Å². The van der Waals surface area contributed by atoms with Crippen LogP contribution in [0.1, 0.15) is 75.9 Å². The number of carbonyl (C=O) groups is 1. The van der Waals surface area contributed by atoms with Gasteiger partial charge in [-0.2, -0.15) is 0 Å². The molecule has 1 heterocycles. The van der Waals surface area contributed by atoms with E-state index < -0.39 is 6.10 Å². The molecule has 0 saturated heterocycles. The first-order valence-electron chi connectivity index (χ1n) is 10.1. The fourth-order valence-electron chi connectivity index (χ4n) is 2.95. The summed E-state index contributed by atoms with van der Waals surface area (Å²) in [5.41, 5.74) is 0.780. The van der Waals surface area contributed by atoms with Crippen molar-refractivity contribution in [2.75, 3.05) is 27.2 Å². The summed E-state index contributed by atoms with van der Waals surface area (Å²) in [5, 5.41) is 12.8. The first-order chi connectivity index (χ1) is 12.6. The molecule has 148 valence electrons. The van der Waals surface area contributed by atoms with Crippen LogP contribution in [0.25, 0.3) is 0 Å². The first kappa shape index (κ1) is 22.6. The molecule has 0 fully saturated rings. The fourth-order valence-corrected chi connectivity index (χ4v) is 2.95. The number of carbonyl (C=O) groups excluding carboxylic acids is 1. The Morgan fingerprint density at radius 2 is 1.54 bits per heavy atom. The number of unbranched alkanes of at least 4 members (excludes halogenated alkanes) is 8. The van der Waals surface area contributed by atoms with Crippen molar-refractivity contribution in [1.29, 1.82) is 0 Å². The molecule has 1 atom stereocenters. The van der Waals surface area contributed by atoms with E-state index in [9.17, 15) is 9.90 Å². The predicted molar refractivity (Wildman–Crippen MR) is 107 cm³/mol. The number of hydrogen-bond donors (Lipinski definition) is 2. The molecule has 1 unspecified atom stereocenters. The van der Waals surface area contributed by atoms with Crippen molar-refractivity contribution < 1.29 is 9.90 Å². The van der Waals surface area contributed by atoms with Crippen LogP contribution in [0.15, 0.2) is 24.5 Å². The van der Waals surface area contributed by atoms with Gasteiger partial charge < -0.3 is 15.3 Å². The summed E-state index contributed by atoms with van der Waals surface area (Å²) >= 11 is 0. The van der Waals surface area contributed by atoms with Gasteiger partial charge >= 0.3 is 0 Å². The maximum Gasteiger partial charge on any atom is 0.220 e. The number of rotatable bonds is 15. The minimum absolute atomic E-state index is 0.0269. The van der Waals surface area contributed by atoms with Crippen LogP contribution in [0.5, 0.6) is 0 Å². The SMILES string of the molecule is CN(C)CCCCCCCCCCCC(=O)NCC(O)c1ccncc1. The quantitative estimate of drug-likeness (QED) is 0.466. The number of nitrogens with one attached hydrogen (secondary N) is 1. The summed E-state index contributed by atoms with van der Waals surface area (Å²) in [6.45, 7) is 1.46. The molecule has 0 aromatic carbocycles. The smallest absolute Gasteiger partial charge is 0.220 e. The average molecular weight is 364 g/mol. The molecule has 0 radical (unpaired) electrons. The van der Waals surface area contributed by atoms with Gasteiger partial charge in [0, 0.05) is 25.4 Å². The van der Waals surface area contributed by atoms with Gasteiger partial charge in [0.15, 0.2) is 0 Å². The second kappa shape index (κ2) is 14.7. The van der Waals surface area contributed by atoms with Crippen LogP contribution in [0.3, 0.4) is 0 Å². The molecule has 5 heteroatoms. The van der Waals surface area contributed by atoms with Crippen LogP contribution in [-0.4, -0.2) is 48.1 Å². The molecule has 0 spiro atoms. The molecular formula is C21H37N3O2. The van der Waals surface area contributed by atoms with Gasteiger partial charge in [0.1, 0.15) is 0 Å². The van der Waals surface area contributed by atoms with E-state index in [4.69, 9.17) is 0 Å². The number of amides is 1. The summed E-state index contributed by atoms with van der Waals surface area (Å²) in [6.07, 6.45) is 14.3. The Bertz CT molecular complexity index is 466. The van der Waals surface area contributed by atoms with Crippen LogP contribution in [0.4, 0.5) is 0 Å². The maximum atomic E-state index is 11.8. The van der Waals surface area contributed by atoms with E-state index >= 15 is 0 Å². The van der Waals surface area contributed by atoms with E-state index in [1.807, 2.05) is 0 Å². The van der Waals surface area contributed by atoms with Gasteiger partial charge in [-0.25, -0.2) is 0 Å². The molecule has 0 aliphatic heterocycles. The van der Waals surface area contributed by atoms with Gasteiger partial charge in [0.25, 0.3) is 0 Å². The summed E-state index contributed by atoms with van der Waals surface area (Å²) in [6, 6.07) is 3.53. The molecule has 0 aliphatic rings. The first-order valence-corrected chi connectivity index (χ1v) is 10.1. The Morgan fingerprint density at radius 3 is 2.12 bits per heavy atom. The third kappa shape index (κ3) is 12.0. The third-order valence-electron chi connectivity index (χ3n) is 4.59. The number of aliphatic hydroxyl groups excluding tert-OH is 1. The lowest BCUT2D eigenvalue weighted by Crippen LogP contribution is -2.28. The summed E-state index contributed by atoms with van der Waals surface area (Å²) < 4.78 is 0. The topological polar surface area (TPSA) is 65.5 Å². The molecule has 0 aliphatic carbocycles. The van der Waals surface area contributed by atoms with E-state index in [0.717, 1.165) is 18.4 Å². The highest BCUT2D eigenvalue weighted by Crippen LogP contribution is 2.12. The molecule has 1 aromatic rings. The maximum absolute atomic E-state index is 11.8. The molecule has 1 aromatic heterocycles. The third-order valence-corrected chi connectivity index (χ3v) is 4.59. The molecule has 1 rings (SSSR count). The Kier molecular flexibility index (Phi) is 12.8. The molecule has 5 nitrogen and oxygen atoms in total. The van der Waals surface area contributed by atoms with Crippen LogP contribution < -0.4 is 5.32 Å². The largest absolute Gasteiger partial charge is 0.387 e. The van der Waals surface area contributed by atoms with Crippen LogP contribution in [0, 0.1) is 0 Å². The minimum atomic E-state index is -0.667. The zero-order chi connectivity index (χ0) is 19.0. The highest BCUT2D eigenvalue weighted by molar-refractivity contribution is 5.75. The molecular weight excluding hydrogens is 326 g/mol. The Hall–Kier alpha value is -1.46. The zero-order valence-electron chi connectivity index (χ0n) is 16.6. The number of aliphatic hydroxyl groups is 1. The van der Waals surface area contributed by atoms with E-state index in [1.54, 1.807) is 24.5 Å². The standard InChI is InChI=1S/C21H37N3O2/c1-24(2)17-11-9-7-5-3-4-6-8-10-12-21(26)23-18-20(25)19-13-15-22-16-14-19/h13-16,20,25H,3-12,17-18H2,1-2H3,(H,23,26). The Morgan fingerprint density at radius 1 is 1.00 bits per heavy atom. The highest BCUT2D eigenvalue weighted by atomic mass is 16.3. The fraction of sp³-hybridized carbons (Fsp3) is 0.714. The summed E-state index contributed by atoms with van der Waals surface area (Å²) in [4.78, 5) is 18.0. The summed E-state index contributed by atoms with van der Waals surface area (Å²) in [7, 11) is 4.26. The Balaban J connectivity index is 1.89. The van der Waals surface area contributed by atoms with E-state index in [-0.39, 0.29) is 12.5 Å². The molecule has 26 heavy (non-hydrogen) atoms. The molecule has 2 N–H and O–H groups in total. The van der Waals surface area contributed by atoms with Crippen molar-refractivity contribution in [3.63, 3.8) is 0 Å². The van der Waals surface area contributed by atoms with Crippen molar-refractivity contribution >= 4 is 5.91 Å². The Labute approximate surface area is 159 Å². The average Bonchev–Trinajstić information content (AvgIpc) is 2.64. The van der Waals surface area contributed by atoms with E-state index in [2.05, 4.69) is 29.3 Å². The number of pyridine rings is 1. The van der Waals surface area contributed by atoms with Gasteiger partial charge in [-0.1, -0.05) is 44.9 Å². The molecule has 1 amide bonds. The second-order valence-electron chi connectivity index (χ2n) is 7.34. The zero-order valence-corrected chi connectivity index (χ0v) is 16.6. The second-order valence-corrected chi connectivity index (χ2v) is 7.34. The van der Waals surface area contributed by atoms with Crippen molar-refractivity contribution in [3.8, 4) is 0 Å². The lowest BCUT2D eigenvalue weighted by molar-refractivity contribution is -0.121. The van der Waals surface area contributed by atoms with Gasteiger partial charge in [0.2, 0.25) is 5.91 Å². The van der Waals surface area contributed by atoms with E-state index in [0.29, 0.717) is 6.42 Å². The normalized spacial score (nSPS) is 12.3. The molecule has 0 bridgehead atoms. The monoisotopic (exact) mass is 363 g/mol. The van der Waals surface area contributed by atoms with Gasteiger partial charge in [0.05, 0.1) is 6.10 Å². The van der Waals surface area contributed by atoms with Crippen molar-refractivity contribution in [1.82, 2.24) is 15.2 Å². The van der Waals surface area contributed by atoms with Crippen molar-refractivity contribution in [2.45, 2.75) is 70.3 Å². The minimum Gasteiger partial charge on any atom is -0.387 e. The number of nitrogens with zero attached hydrogens (tertiary/aromatic N) is 2. The van der Waals surface area contributed by atoms with Crippen LogP contribution >= 0.6 is 0 Å². The number of hydrogen-bond acceptors (Lipinski definition) is 4. The van der Waals surface area contributed by atoms with Crippen molar-refractivity contribution in [3.05, 3.63) is 30.1 Å². The van der Waals surface area contributed by atoms with E-state index in [1.165, 1.54) is 51.5 Å². The van der Waals surface area contributed by atoms with Gasteiger partial charge in [-0.05, 0) is 51.2 Å². The predicted octanol–water partition coefficient (Wildman–Crippen LogP) is 3.69.